The molecule has 0 amide bonds. The van der Waals surface area contributed by atoms with Crippen LogP contribution in [0.15, 0.2) is 60.7 Å². The Morgan fingerprint density at radius 3 is 1.14 bits per heavy atom. The van der Waals surface area contributed by atoms with E-state index in [9.17, 15) is 0 Å². The Kier molecular flexibility index (Phi) is 7.02. The molecule has 152 valence electrons. The molecule has 4 nitrogen and oxygen atoms in total. The fourth-order valence-corrected chi connectivity index (χ4v) is 19.6. The van der Waals surface area contributed by atoms with E-state index >= 15 is 0 Å². The molecule has 1 heterocycles. The zero-order valence-corrected chi connectivity index (χ0v) is 20.5. The summed E-state index contributed by atoms with van der Waals surface area (Å²) in [5.74, 6) is 0. The van der Waals surface area contributed by atoms with Gasteiger partial charge in [0.25, 0.3) is 0 Å². The summed E-state index contributed by atoms with van der Waals surface area (Å²) in [5.41, 5.74) is 2.31. The lowest BCUT2D eigenvalue weighted by Crippen LogP contribution is -2.54. The van der Waals surface area contributed by atoms with Crippen molar-refractivity contribution in [3.63, 3.8) is 0 Å². The summed E-state index contributed by atoms with van der Waals surface area (Å²) in [4.78, 5) is 0. The van der Waals surface area contributed by atoms with Gasteiger partial charge < -0.3 is 0 Å². The first-order valence-corrected chi connectivity index (χ1v) is 15.2. The summed E-state index contributed by atoms with van der Waals surface area (Å²) >= 11 is 13.1. The van der Waals surface area contributed by atoms with Crippen LogP contribution in [-0.2, 0) is 23.6 Å². The molecular formula is C20H30N4P2S2. The molecule has 0 spiro atoms. The lowest BCUT2D eigenvalue weighted by atomic mass is 10.3. The van der Waals surface area contributed by atoms with Crippen molar-refractivity contribution in [2.45, 2.75) is 27.7 Å². The Hall–Kier alpha value is -0.740. The van der Waals surface area contributed by atoms with Crippen molar-refractivity contribution in [2.75, 3.05) is 35.1 Å². The topological polar surface area (TPSA) is 13.0 Å². The third-order valence-corrected chi connectivity index (χ3v) is 18.5. The van der Waals surface area contributed by atoms with Crippen molar-refractivity contribution in [1.29, 1.82) is 0 Å². The monoisotopic (exact) mass is 452 g/mol. The molecule has 1 aliphatic heterocycles. The molecule has 0 N–H and O–H groups in total. The first-order valence-electron chi connectivity index (χ1n) is 9.93. The highest BCUT2D eigenvalue weighted by molar-refractivity contribution is 8.35. The van der Waals surface area contributed by atoms with Gasteiger partial charge in [-0.05, 0) is 47.9 Å². The van der Waals surface area contributed by atoms with Gasteiger partial charge in [-0.2, -0.15) is 0 Å². The molecule has 28 heavy (non-hydrogen) atoms. The zero-order valence-electron chi connectivity index (χ0n) is 17.1. The van der Waals surface area contributed by atoms with Crippen LogP contribution in [0, 0.1) is 0 Å². The maximum absolute atomic E-state index is 6.55. The summed E-state index contributed by atoms with van der Waals surface area (Å²) in [7, 11) is 0. The van der Waals surface area contributed by atoms with Crippen LogP contribution < -0.4 is 8.88 Å². The number of rotatable bonds is 8. The number of hydrogen-bond acceptors (Lipinski definition) is 2. The van der Waals surface area contributed by atoms with Gasteiger partial charge in [-0.15, -0.1) is 0 Å². The Morgan fingerprint density at radius 1 is 0.607 bits per heavy atom. The second kappa shape index (κ2) is 8.95. The zero-order chi connectivity index (χ0) is 20.4. The average Bonchev–Trinajstić information content (AvgIpc) is 2.71. The Bertz CT molecular complexity index is 781. The third kappa shape index (κ3) is 3.29. The van der Waals surface area contributed by atoms with Gasteiger partial charge in [0, 0.05) is 26.2 Å². The summed E-state index contributed by atoms with van der Waals surface area (Å²) in [5, 5.41) is 0. The van der Waals surface area contributed by atoms with E-state index in [0.29, 0.717) is 0 Å². The number of nitrogens with zero attached hydrogens (tertiary/aromatic N) is 4. The molecule has 0 bridgehead atoms. The van der Waals surface area contributed by atoms with E-state index in [0.717, 1.165) is 37.6 Å². The normalized spacial score (nSPS) is 24.6. The maximum atomic E-state index is 6.55. The number of para-hydroxylation sites is 2. The van der Waals surface area contributed by atoms with Crippen molar-refractivity contribution in [3.05, 3.63) is 60.7 Å². The first-order chi connectivity index (χ1) is 13.5. The molecule has 1 saturated heterocycles. The van der Waals surface area contributed by atoms with E-state index in [2.05, 4.69) is 107 Å². The van der Waals surface area contributed by atoms with Crippen LogP contribution in [0.5, 0.6) is 0 Å². The quantitative estimate of drug-likeness (QED) is 0.443. The summed E-state index contributed by atoms with van der Waals surface area (Å²) < 4.78 is 9.79. The minimum Gasteiger partial charge on any atom is -0.259 e. The molecule has 0 saturated carbocycles. The van der Waals surface area contributed by atoms with Crippen molar-refractivity contribution in [2.24, 2.45) is 0 Å². The van der Waals surface area contributed by atoms with E-state index in [1.165, 1.54) is 0 Å². The molecule has 0 atom stereocenters. The fraction of sp³-hybridized carbons (Fsp3) is 0.400. The standard InChI is InChI=1S/C20H30N4P2S2/c1-5-21(6-2)25(27)23(19-15-11-9-12-16-19)26(28,22(7-3)8-4)24(25)20-17-13-10-14-18-20/h9-18H,5-8H2,1-4H3. The van der Waals surface area contributed by atoms with Crippen LogP contribution in [0.2, 0.25) is 0 Å². The highest BCUT2D eigenvalue weighted by Crippen LogP contribution is 2.89. The maximum Gasteiger partial charge on any atom is 0.206 e. The van der Waals surface area contributed by atoms with Gasteiger partial charge in [0.2, 0.25) is 13.0 Å². The third-order valence-electron chi connectivity index (χ3n) is 5.16. The molecule has 8 heteroatoms. The minimum atomic E-state index is -2.23. The fourth-order valence-electron chi connectivity index (χ4n) is 3.82. The van der Waals surface area contributed by atoms with Crippen molar-refractivity contribution >= 4 is 48.0 Å². The van der Waals surface area contributed by atoms with Crippen LogP contribution in [0.4, 0.5) is 11.4 Å². The predicted octanol–water partition coefficient (Wildman–Crippen LogP) is 6.15. The van der Waals surface area contributed by atoms with Crippen LogP contribution in [0.25, 0.3) is 0 Å². The van der Waals surface area contributed by atoms with Crippen molar-refractivity contribution < 1.29 is 0 Å². The van der Waals surface area contributed by atoms with Crippen molar-refractivity contribution in [1.82, 2.24) is 9.34 Å². The molecular weight excluding hydrogens is 422 g/mol. The Balaban J connectivity index is 2.27. The van der Waals surface area contributed by atoms with Gasteiger partial charge in [0.05, 0.1) is 11.4 Å². The van der Waals surface area contributed by atoms with Gasteiger partial charge in [0.15, 0.2) is 0 Å². The smallest absolute Gasteiger partial charge is 0.206 e. The van der Waals surface area contributed by atoms with E-state index in [1.807, 2.05) is 0 Å². The molecule has 2 aromatic carbocycles. The molecule has 0 aromatic heterocycles. The second-order valence-electron chi connectivity index (χ2n) is 6.55. The SMILES string of the molecule is CCN(CC)P1(=S)N(c2ccccc2)P(=S)(N(CC)CC)N1c1ccccc1. The summed E-state index contributed by atoms with van der Waals surface area (Å²) in [6.07, 6.45) is 0. The van der Waals surface area contributed by atoms with Gasteiger partial charge in [-0.25, -0.2) is 9.34 Å². The van der Waals surface area contributed by atoms with Gasteiger partial charge >= 0.3 is 0 Å². The second-order valence-corrected chi connectivity index (χ2v) is 14.9. The van der Waals surface area contributed by atoms with E-state index in [4.69, 9.17) is 23.6 Å². The van der Waals surface area contributed by atoms with E-state index in [-0.39, 0.29) is 0 Å². The molecule has 0 aliphatic carbocycles. The molecule has 1 aliphatic rings. The lowest BCUT2D eigenvalue weighted by molar-refractivity contribution is 0.484. The van der Waals surface area contributed by atoms with Crippen LogP contribution in [-0.4, -0.2) is 35.5 Å². The lowest BCUT2D eigenvalue weighted by Gasteiger charge is -2.67. The predicted molar refractivity (Wildman–Crippen MR) is 132 cm³/mol. The molecule has 0 unspecified atom stereocenters. The largest absolute Gasteiger partial charge is 0.259 e. The average molecular weight is 453 g/mol. The van der Waals surface area contributed by atoms with Crippen molar-refractivity contribution in [3.8, 4) is 0 Å². The number of anilines is 2. The highest BCUT2D eigenvalue weighted by atomic mass is 32.5. The first kappa shape index (κ1) is 22.0. The molecule has 1 fully saturated rings. The van der Waals surface area contributed by atoms with Crippen LogP contribution >= 0.6 is 13.0 Å². The Morgan fingerprint density at radius 2 is 0.893 bits per heavy atom. The van der Waals surface area contributed by atoms with Gasteiger partial charge in [-0.1, -0.05) is 64.1 Å². The van der Waals surface area contributed by atoms with Crippen LogP contribution in [0.1, 0.15) is 27.7 Å². The summed E-state index contributed by atoms with van der Waals surface area (Å²) in [6.45, 7) is 7.97. The van der Waals surface area contributed by atoms with Gasteiger partial charge in [-0.3, -0.25) is 8.88 Å². The minimum absolute atomic E-state index is 0.911. The number of benzene rings is 2. The van der Waals surface area contributed by atoms with E-state index in [1.54, 1.807) is 0 Å². The van der Waals surface area contributed by atoms with Gasteiger partial charge in [0.1, 0.15) is 0 Å². The Labute approximate surface area is 180 Å². The van der Waals surface area contributed by atoms with Crippen LogP contribution in [0.3, 0.4) is 0 Å². The summed E-state index contributed by atoms with van der Waals surface area (Å²) in [6, 6.07) is 21.1. The highest BCUT2D eigenvalue weighted by Gasteiger charge is 2.62. The van der Waals surface area contributed by atoms with E-state index < -0.39 is 13.0 Å². The molecule has 2 aromatic rings. The number of hydrogen-bond donors (Lipinski definition) is 0. The molecule has 3 rings (SSSR count). The molecule has 0 radical (unpaired) electrons.